The molecule has 0 amide bonds. The van der Waals surface area contributed by atoms with Crippen LogP contribution in [-0.4, -0.2) is 138 Å². The molecule has 0 aromatic carbocycles. The average molecular weight is 274 g/mol. The fourth-order valence-electron chi connectivity index (χ4n) is 0.139. The Bertz CT molecular complexity index is 159. The van der Waals surface area contributed by atoms with Crippen LogP contribution in [0.25, 0.3) is 0 Å². The summed E-state index contributed by atoms with van der Waals surface area (Å²) in [4.78, 5) is 31.0. The molecule has 0 heterocycles. The summed E-state index contributed by atoms with van der Waals surface area (Å²) < 4.78 is 22.2. The Morgan fingerprint density at radius 2 is 0.846 bits per heavy atom. The molecule has 64 valence electrons. The van der Waals surface area contributed by atoms with Gasteiger partial charge in [-0.15, -0.1) is 0 Å². The van der Waals surface area contributed by atoms with Crippen LogP contribution in [0, 0.1) is 0 Å². The Morgan fingerprint density at radius 1 is 0.692 bits per heavy atom. The normalized spacial score (nSPS) is 9.54. The number of hydrogen-bond acceptors (Lipinski definition) is 3. The van der Waals surface area contributed by atoms with Crippen LogP contribution >= 0.6 is 15.6 Å². The molecule has 0 aliphatic carbocycles. The van der Waals surface area contributed by atoms with Crippen molar-refractivity contribution in [2.75, 3.05) is 0 Å². The van der Waals surface area contributed by atoms with Crippen molar-refractivity contribution >= 4 is 134 Å². The van der Waals surface area contributed by atoms with E-state index < -0.39 is 15.6 Å². The minimum atomic E-state index is -5.05. The van der Waals surface area contributed by atoms with E-state index >= 15 is 0 Å². The van der Waals surface area contributed by atoms with Gasteiger partial charge in [-0.05, 0) is 0 Å². The second-order valence-corrected chi connectivity index (χ2v) is 3.68. The summed E-state index contributed by atoms with van der Waals surface area (Å²) in [5.41, 5.74) is 0. The minimum absolute atomic E-state index is 0. The van der Waals surface area contributed by atoms with Crippen molar-refractivity contribution in [3.05, 3.63) is 0 Å². The molecule has 0 saturated heterocycles. The van der Waals surface area contributed by atoms with Crippen molar-refractivity contribution in [2.45, 2.75) is 0 Å². The van der Waals surface area contributed by atoms with E-state index in [1.807, 2.05) is 0 Å². The van der Waals surface area contributed by atoms with E-state index in [1.165, 1.54) is 0 Å². The average Bonchev–Trinajstić information content (AvgIpc) is 1.14. The Hall–Kier alpha value is 4.26. The van der Waals surface area contributed by atoms with Crippen molar-refractivity contribution in [3.8, 4) is 0 Å². The predicted octanol–water partition coefficient (Wildman–Crippen LogP) is -3.41. The SMILES string of the molecule is O=P(O)(O)OP(=O)(O)O.[NaH].[NaH].[NaH].[NaH]. The van der Waals surface area contributed by atoms with Crippen LogP contribution in [0.1, 0.15) is 0 Å². The third-order valence-corrected chi connectivity index (χ3v) is 1.91. The van der Waals surface area contributed by atoms with Crippen LogP contribution in [-0.2, 0) is 13.4 Å². The molecule has 0 aromatic heterocycles. The van der Waals surface area contributed by atoms with E-state index in [4.69, 9.17) is 19.6 Å². The van der Waals surface area contributed by atoms with Crippen LogP contribution in [0.2, 0.25) is 0 Å². The molecule has 0 aromatic rings. The van der Waals surface area contributed by atoms with Crippen LogP contribution in [0.4, 0.5) is 0 Å². The summed E-state index contributed by atoms with van der Waals surface area (Å²) in [6, 6.07) is 0. The zero-order valence-electron chi connectivity index (χ0n) is 3.91. The van der Waals surface area contributed by atoms with Gasteiger partial charge >= 0.3 is 134 Å². The van der Waals surface area contributed by atoms with Gasteiger partial charge in [0, 0.05) is 0 Å². The molecule has 0 rings (SSSR count). The van der Waals surface area contributed by atoms with E-state index in [0.29, 0.717) is 0 Å². The van der Waals surface area contributed by atoms with Gasteiger partial charge in [-0.3, -0.25) is 0 Å². The Morgan fingerprint density at radius 3 is 0.846 bits per heavy atom. The van der Waals surface area contributed by atoms with Gasteiger partial charge in [0.1, 0.15) is 0 Å². The quantitative estimate of drug-likeness (QED) is 0.305. The molecule has 0 fully saturated rings. The predicted molar refractivity (Wildman–Crippen MR) is 53.8 cm³/mol. The van der Waals surface area contributed by atoms with Crippen molar-refractivity contribution in [3.63, 3.8) is 0 Å². The fraction of sp³-hybridized carbons (Fsp3) is 0. The van der Waals surface area contributed by atoms with E-state index in [0.717, 1.165) is 0 Å². The van der Waals surface area contributed by atoms with Crippen molar-refractivity contribution in [1.29, 1.82) is 0 Å². The second-order valence-electron chi connectivity index (χ2n) is 1.06. The molecule has 0 bridgehead atoms. The summed E-state index contributed by atoms with van der Waals surface area (Å²) >= 11 is 0. The van der Waals surface area contributed by atoms with Crippen LogP contribution in [0.3, 0.4) is 0 Å². The summed E-state index contributed by atoms with van der Waals surface area (Å²) in [6.45, 7) is 0. The Labute approximate surface area is 163 Å². The molecular weight excluding hydrogens is 266 g/mol. The molecule has 0 aliphatic rings. The molecular formula is H8Na4O7P2. The molecule has 0 spiro atoms. The molecule has 0 aliphatic heterocycles. The van der Waals surface area contributed by atoms with Gasteiger partial charge in [-0.2, -0.15) is 4.31 Å². The molecule has 13 heavy (non-hydrogen) atoms. The topological polar surface area (TPSA) is 124 Å². The van der Waals surface area contributed by atoms with Crippen molar-refractivity contribution in [2.24, 2.45) is 0 Å². The zero-order valence-corrected chi connectivity index (χ0v) is 5.70. The van der Waals surface area contributed by atoms with E-state index in [9.17, 15) is 9.13 Å². The first kappa shape index (κ1) is 30.4. The number of phosphoric acid groups is 2. The maximum absolute atomic E-state index is 9.63. The summed E-state index contributed by atoms with van der Waals surface area (Å²) in [5, 5.41) is 0. The summed E-state index contributed by atoms with van der Waals surface area (Å²) in [5.74, 6) is 0. The second kappa shape index (κ2) is 12.7. The first-order valence-corrected chi connectivity index (χ1v) is 4.59. The Kier molecular flexibility index (Phi) is 29.7. The molecule has 0 saturated carbocycles. The first-order valence-electron chi connectivity index (χ1n) is 1.53. The molecule has 0 atom stereocenters. The Balaban J connectivity index is -0.0000000533. The van der Waals surface area contributed by atoms with E-state index in [-0.39, 0.29) is 118 Å². The van der Waals surface area contributed by atoms with Gasteiger partial charge in [0.05, 0.1) is 0 Å². The third kappa shape index (κ3) is 31.4. The molecule has 13 heteroatoms. The van der Waals surface area contributed by atoms with Crippen molar-refractivity contribution in [1.82, 2.24) is 0 Å². The van der Waals surface area contributed by atoms with Gasteiger partial charge in [-0.1, -0.05) is 0 Å². The van der Waals surface area contributed by atoms with Gasteiger partial charge in [0.15, 0.2) is 0 Å². The molecule has 7 nitrogen and oxygen atoms in total. The van der Waals surface area contributed by atoms with Gasteiger partial charge < -0.3 is 19.6 Å². The monoisotopic (exact) mass is 274 g/mol. The standard InChI is InChI=1S/4Na.H4O7P2.4H/c;;;;1-8(2,3)7-9(4,5)6;;;;/h;;;;(H2,1,2,3)(H2,4,5,6);;;;. The van der Waals surface area contributed by atoms with Crippen LogP contribution in [0.5, 0.6) is 0 Å². The molecule has 0 radical (unpaired) electrons. The summed E-state index contributed by atoms with van der Waals surface area (Å²) in [7, 11) is -10.1. The van der Waals surface area contributed by atoms with Gasteiger partial charge in [0.25, 0.3) is 0 Å². The fourth-order valence-corrected chi connectivity index (χ4v) is 1.25. The van der Waals surface area contributed by atoms with Crippen molar-refractivity contribution < 1.29 is 33.0 Å². The van der Waals surface area contributed by atoms with Crippen LogP contribution in [0.15, 0.2) is 0 Å². The maximum atomic E-state index is 9.63. The summed E-state index contributed by atoms with van der Waals surface area (Å²) in [6.07, 6.45) is 0. The number of rotatable bonds is 2. The molecule has 0 unspecified atom stereocenters. The van der Waals surface area contributed by atoms with Gasteiger partial charge in [0.2, 0.25) is 0 Å². The molecule has 4 N–H and O–H groups in total. The van der Waals surface area contributed by atoms with E-state index in [2.05, 4.69) is 4.31 Å². The first-order chi connectivity index (χ1) is 3.71. The van der Waals surface area contributed by atoms with E-state index in [1.54, 1.807) is 0 Å². The third-order valence-electron chi connectivity index (χ3n) is 0.213. The zero-order chi connectivity index (χ0) is 7.71. The van der Waals surface area contributed by atoms with Gasteiger partial charge in [-0.25, -0.2) is 9.13 Å². The number of hydrogen-bond donors (Lipinski definition) is 4. The van der Waals surface area contributed by atoms with Crippen LogP contribution < -0.4 is 0 Å².